The molecule has 2 amide bonds. The van der Waals surface area contributed by atoms with Gasteiger partial charge in [0.2, 0.25) is 5.91 Å². The Kier molecular flexibility index (Phi) is 3.97. The summed E-state index contributed by atoms with van der Waals surface area (Å²) in [6.07, 6.45) is 4.21. The first kappa shape index (κ1) is 16.4. The Hall–Kier alpha value is -2.04. The monoisotopic (exact) mass is 341 g/mol. The van der Waals surface area contributed by atoms with Crippen LogP contribution < -0.4 is 4.90 Å². The number of hydrogen-bond donors (Lipinski definition) is 0. The Bertz CT molecular complexity index is 696. The molecular formula is C20H27N3O2. The molecule has 3 fully saturated rings. The summed E-state index contributed by atoms with van der Waals surface area (Å²) in [5.74, 6) is 0.581. The van der Waals surface area contributed by atoms with E-state index in [1.165, 1.54) is 0 Å². The van der Waals surface area contributed by atoms with Crippen LogP contribution in [0, 0.1) is 11.3 Å². The van der Waals surface area contributed by atoms with Gasteiger partial charge in [0, 0.05) is 62.9 Å². The molecule has 1 aliphatic carbocycles. The molecule has 0 N–H and O–H groups in total. The van der Waals surface area contributed by atoms with E-state index >= 15 is 0 Å². The molecule has 2 atom stereocenters. The second-order valence-corrected chi connectivity index (χ2v) is 8.07. The summed E-state index contributed by atoms with van der Waals surface area (Å²) in [6, 6.07) is 7.78. The molecule has 5 heteroatoms. The van der Waals surface area contributed by atoms with Gasteiger partial charge in [-0.25, -0.2) is 0 Å². The lowest BCUT2D eigenvalue weighted by molar-refractivity contribution is -0.132. The van der Waals surface area contributed by atoms with Gasteiger partial charge in [0.25, 0.3) is 5.91 Å². The Morgan fingerprint density at radius 3 is 2.60 bits per heavy atom. The molecular weight excluding hydrogens is 314 g/mol. The highest BCUT2D eigenvalue weighted by Crippen LogP contribution is 2.59. The molecule has 2 heterocycles. The van der Waals surface area contributed by atoms with E-state index in [1.807, 2.05) is 53.1 Å². The average Bonchev–Trinajstić information content (AvgIpc) is 2.98. The standard InChI is InChI=1S/C20H27N3O2/c1-21(2)16-7-5-6-15(12-16)18(24)23-11-8-20(14-23)13-17(20)19(25)22-9-3-4-10-22/h5-7,12,17H,3-4,8-11,13-14H2,1-2H3/t17-,20+/m0/s1. The maximum atomic E-state index is 12.9. The molecule has 0 aromatic heterocycles. The Labute approximate surface area is 149 Å². The van der Waals surface area contributed by atoms with Gasteiger partial charge in [-0.3, -0.25) is 9.59 Å². The zero-order valence-corrected chi connectivity index (χ0v) is 15.2. The molecule has 2 aliphatic heterocycles. The van der Waals surface area contributed by atoms with Crippen LogP contribution in [-0.2, 0) is 4.79 Å². The van der Waals surface area contributed by atoms with Crippen molar-refractivity contribution < 1.29 is 9.59 Å². The lowest BCUT2D eigenvalue weighted by Crippen LogP contribution is -2.33. The molecule has 1 aromatic carbocycles. The van der Waals surface area contributed by atoms with Crippen LogP contribution in [0.2, 0.25) is 0 Å². The summed E-state index contributed by atoms with van der Waals surface area (Å²) >= 11 is 0. The minimum atomic E-state index is 0.0640. The van der Waals surface area contributed by atoms with Crippen molar-refractivity contribution in [2.24, 2.45) is 11.3 Å². The van der Waals surface area contributed by atoms with Crippen LogP contribution in [0.5, 0.6) is 0 Å². The maximum Gasteiger partial charge on any atom is 0.253 e. The number of hydrogen-bond acceptors (Lipinski definition) is 3. The molecule has 5 nitrogen and oxygen atoms in total. The minimum Gasteiger partial charge on any atom is -0.378 e. The van der Waals surface area contributed by atoms with Crippen LogP contribution in [0.15, 0.2) is 24.3 Å². The van der Waals surface area contributed by atoms with Crippen LogP contribution >= 0.6 is 0 Å². The van der Waals surface area contributed by atoms with Crippen LogP contribution in [0.4, 0.5) is 5.69 Å². The van der Waals surface area contributed by atoms with Gasteiger partial charge in [-0.15, -0.1) is 0 Å². The average molecular weight is 341 g/mol. The van der Waals surface area contributed by atoms with E-state index in [-0.39, 0.29) is 17.2 Å². The fraction of sp³-hybridized carbons (Fsp3) is 0.600. The lowest BCUT2D eigenvalue weighted by atomic mass is 10.0. The van der Waals surface area contributed by atoms with Gasteiger partial charge in [0.05, 0.1) is 0 Å². The van der Waals surface area contributed by atoms with Gasteiger partial charge in [-0.1, -0.05) is 6.07 Å². The summed E-state index contributed by atoms with van der Waals surface area (Å²) in [4.78, 5) is 31.5. The van der Waals surface area contributed by atoms with Crippen LogP contribution in [0.1, 0.15) is 36.0 Å². The first-order chi connectivity index (χ1) is 12.0. The van der Waals surface area contributed by atoms with Crippen molar-refractivity contribution >= 4 is 17.5 Å². The van der Waals surface area contributed by atoms with E-state index < -0.39 is 0 Å². The third-order valence-corrected chi connectivity index (χ3v) is 6.19. The van der Waals surface area contributed by atoms with Gasteiger partial charge in [-0.05, 0) is 43.9 Å². The highest BCUT2D eigenvalue weighted by Gasteiger charge is 2.62. The molecule has 4 rings (SSSR count). The van der Waals surface area contributed by atoms with Crippen molar-refractivity contribution in [3.63, 3.8) is 0 Å². The molecule has 0 radical (unpaired) electrons. The second kappa shape index (κ2) is 6.04. The highest BCUT2D eigenvalue weighted by molar-refractivity contribution is 5.95. The topological polar surface area (TPSA) is 43.9 Å². The third kappa shape index (κ3) is 2.90. The number of likely N-dealkylation sites (tertiary alicyclic amines) is 2. The van der Waals surface area contributed by atoms with Gasteiger partial charge >= 0.3 is 0 Å². The number of nitrogens with zero attached hydrogens (tertiary/aromatic N) is 3. The number of carbonyl (C=O) groups is 2. The SMILES string of the molecule is CN(C)c1cccc(C(=O)N2CC[C@@]3(C[C@H]3C(=O)N3CCCC3)C2)c1. The highest BCUT2D eigenvalue weighted by atomic mass is 16.2. The second-order valence-electron chi connectivity index (χ2n) is 8.07. The first-order valence-corrected chi connectivity index (χ1v) is 9.36. The number of amides is 2. The van der Waals surface area contributed by atoms with Crippen molar-refractivity contribution in [3.05, 3.63) is 29.8 Å². The van der Waals surface area contributed by atoms with Crippen molar-refractivity contribution in [2.75, 3.05) is 45.2 Å². The molecule has 25 heavy (non-hydrogen) atoms. The summed E-state index contributed by atoms with van der Waals surface area (Å²) in [5.41, 5.74) is 1.84. The number of benzene rings is 1. The van der Waals surface area contributed by atoms with Crippen LogP contribution in [0.3, 0.4) is 0 Å². The minimum absolute atomic E-state index is 0.0640. The fourth-order valence-electron chi connectivity index (χ4n) is 4.47. The fourth-order valence-corrected chi connectivity index (χ4v) is 4.47. The molecule has 1 aromatic rings. The van der Waals surface area contributed by atoms with Gasteiger partial charge in [-0.2, -0.15) is 0 Å². The van der Waals surface area contributed by atoms with Gasteiger partial charge < -0.3 is 14.7 Å². The molecule has 0 bridgehead atoms. The van der Waals surface area contributed by atoms with E-state index in [0.29, 0.717) is 5.91 Å². The van der Waals surface area contributed by atoms with Crippen molar-refractivity contribution in [1.29, 1.82) is 0 Å². The van der Waals surface area contributed by atoms with Crippen LogP contribution in [-0.4, -0.2) is 61.9 Å². The molecule has 1 spiro atoms. The van der Waals surface area contributed by atoms with Crippen LogP contribution in [0.25, 0.3) is 0 Å². The van der Waals surface area contributed by atoms with Crippen molar-refractivity contribution in [1.82, 2.24) is 9.80 Å². The van der Waals surface area contributed by atoms with Gasteiger partial charge in [0.15, 0.2) is 0 Å². The number of anilines is 1. The lowest BCUT2D eigenvalue weighted by Gasteiger charge is -2.20. The Morgan fingerprint density at radius 2 is 1.88 bits per heavy atom. The summed E-state index contributed by atoms with van der Waals surface area (Å²) < 4.78 is 0. The predicted octanol–water partition coefficient (Wildman–Crippen LogP) is 2.23. The molecule has 2 saturated heterocycles. The van der Waals surface area contributed by atoms with Crippen molar-refractivity contribution in [3.8, 4) is 0 Å². The van der Waals surface area contributed by atoms with E-state index in [2.05, 4.69) is 0 Å². The van der Waals surface area contributed by atoms with Crippen molar-refractivity contribution in [2.45, 2.75) is 25.7 Å². The summed E-state index contributed by atoms with van der Waals surface area (Å²) in [7, 11) is 3.96. The molecule has 1 saturated carbocycles. The number of rotatable bonds is 3. The summed E-state index contributed by atoms with van der Waals surface area (Å²) in [5, 5.41) is 0. The normalized spacial score (nSPS) is 27.8. The Morgan fingerprint density at radius 1 is 1.12 bits per heavy atom. The largest absolute Gasteiger partial charge is 0.378 e. The first-order valence-electron chi connectivity index (χ1n) is 9.36. The number of carbonyl (C=O) groups excluding carboxylic acids is 2. The van der Waals surface area contributed by atoms with E-state index in [0.717, 1.165) is 63.1 Å². The van der Waals surface area contributed by atoms with E-state index in [1.54, 1.807) is 0 Å². The van der Waals surface area contributed by atoms with E-state index in [9.17, 15) is 9.59 Å². The van der Waals surface area contributed by atoms with Gasteiger partial charge in [0.1, 0.15) is 0 Å². The molecule has 134 valence electrons. The third-order valence-electron chi connectivity index (χ3n) is 6.19. The zero-order chi connectivity index (χ0) is 17.6. The molecule has 3 aliphatic rings. The summed E-state index contributed by atoms with van der Waals surface area (Å²) in [6.45, 7) is 3.36. The molecule has 0 unspecified atom stereocenters. The smallest absolute Gasteiger partial charge is 0.253 e. The van der Waals surface area contributed by atoms with E-state index in [4.69, 9.17) is 0 Å². The quantitative estimate of drug-likeness (QED) is 0.847. The maximum absolute atomic E-state index is 12.9. The predicted molar refractivity (Wildman–Crippen MR) is 97.6 cm³/mol. The zero-order valence-electron chi connectivity index (χ0n) is 15.2. The Balaban J connectivity index is 1.42.